The highest BCUT2D eigenvalue weighted by molar-refractivity contribution is 7.98. The van der Waals surface area contributed by atoms with Gasteiger partial charge >= 0.3 is 0 Å². The van der Waals surface area contributed by atoms with Crippen molar-refractivity contribution >= 4 is 45.9 Å². The van der Waals surface area contributed by atoms with E-state index in [4.69, 9.17) is 11.6 Å². The molecule has 0 spiro atoms. The molecule has 4 nitrogen and oxygen atoms in total. The first-order valence-electron chi connectivity index (χ1n) is 8.63. The molecule has 0 saturated heterocycles. The number of benzene rings is 2. The van der Waals surface area contributed by atoms with Crippen LogP contribution in [0.25, 0.3) is 10.9 Å². The van der Waals surface area contributed by atoms with E-state index in [1.54, 1.807) is 11.8 Å². The lowest BCUT2D eigenvalue weighted by Gasteiger charge is -2.17. The van der Waals surface area contributed by atoms with Gasteiger partial charge in [-0.15, -0.1) is 11.8 Å². The number of aryl methyl sites for hydroxylation is 1. The predicted molar refractivity (Wildman–Crippen MR) is 115 cm³/mol. The largest absolute Gasteiger partial charge is 0.325 e. The summed E-state index contributed by atoms with van der Waals surface area (Å²) in [7, 11) is 1.89. The SMILES string of the molecule is CSc1ccc2cc(CN(C)CC(=O)Nc3ccc(C)cc3)c(Cl)nc2c1. The Labute approximate surface area is 168 Å². The van der Waals surface area contributed by atoms with Gasteiger partial charge in [-0.2, -0.15) is 0 Å². The molecule has 27 heavy (non-hydrogen) atoms. The number of halogens is 1. The average Bonchev–Trinajstić information content (AvgIpc) is 2.63. The number of fused-ring (bicyclic) bond motifs is 1. The molecular formula is C21H22ClN3OS. The molecule has 6 heteroatoms. The lowest BCUT2D eigenvalue weighted by Crippen LogP contribution is -2.30. The maximum absolute atomic E-state index is 12.3. The zero-order chi connectivity index (χ0) is 19.4. The summed E-state index contributed by atoms with van der Waals surface area (Å²) in [6.45, 7) is 2.84. The quantitative estimate of drug-likeness (QED) is 0.468. The highest BCUT2D eigenvalue weighted by Crippen LogP contribution is 2.25. The van der Waals surface area contributed by atoms with Crippen molar-refractivity contribution in [1.29, 1.82) is 0 Å². The second kappa shape index (κ2) is 8.74. The minimum Gasteiger partial charge on any atom is -0.325 e. The van der Waals surface area contributed by atoms with Gasteiger partial charge in [-0.05, 0) is 50.6 Å². The number of nitrogens with zero attached hydrogens (tertiary/aromatic N) is 2. The molecule has 0 radical (unpaired) electrons. The first-order valence-corrected chi connectivity index (χ1v) is 10.2. The molecule has 0 fully saturated rings. The Kier molecular flexibility index (Phi) is 6.37. The van der Waals surface area contributed by atoms with E-state index < -0.39 is 0 Å². The zero-order valence-corrected chi connectivity index (χ0v) is 17.2. The summed E-state index contributed by atoms with van der Waals surface area (Å²) >= 11 is 8.06. The van der Waals surface area contributed by atoms with Gasteiger partial charge in [0.15, 0.2) is 0 Å². The van der Waals surface area contributed by atoms with E-state index >= 15 is 0 Å². The minimum atomic E-state index is -0.0594. The lowest BCUT2D eigenvalue weighted by atomic mass is 10.1. The molecule has 3 rings (SSSR count). The number of hydrogen-bond donors (Lipinski definition) is 1. The molecule has 1 aromatic heterocycles. The summed E-state index contributed by atoms with van der Waals surface area (Å²) in [5, 5.41) is 4.44. The van der Waals surface area contributed by atoms with Crippen LogP contribution >= 0.6 is 23.4 Å². The van der Waals surface area contributed by atoms with Gasteiger partial charge in [-0.1, -0.05) is 35.4 Å². The Morgan fingerprint density at radius 3 is 2.63 bits per heavy atom. The molecule has 2 aromatic carbocycles. The van der Waals surface area contributed by atoms with Crippen molar-refractivity contribution in [2.45, 2.75) is 18.4 Å². The van der Waals surface area contributed by atoms with E-state index in [1.807, 2.05) is 61.5 Å². The van der Waals surface area contributed by atoms with Crippen LogP contribution in [0.2, 0.25) is 5.15 Å². The molecule has 1 N–H and O–H groups in total. The van der Waals surface area contributed by atoms with Crippen LogP contribution in [0.4, 0.5) is 5.69 Å². The van der Waals surface area contributed by atoms with Crippen molar-refractivity contribution in [2.75, 3.05) is 25.2 Å². The number of amides is 1. The lowest BCUT2D eigenvalue weighted by molar-refractivity contribution is -0.117. The van der Waals surface area contributed by atoms with Crippen LogP contribution in [0.5, 0.6) is 0 Å². The standard InChI is InChI=1S/C21H22ClN3OS/c1-14-4-7-17(8-5-14)23-20(26)13-25(2)12-16-10-15-6-9-18(27-3)11-19(15)24-21(16)22/h4-11H,12-13H2,1-3H3,(H,23,26). The van der Waals surface area contributed by atoms with Gasteiger partial charge in [0, 0.05) is 28.1 Å². The number of rotatable bonds is 6. The molecular weight excluding hydrogens is 378 g/mol. The van der Waals surface area contributed by atoms with E-state index in [-0.39, 0.29) is 12.5 Å². The molecule has 3 aromatic rings. The number of carbonyl (C=O) groups excluding carboxylic acids is 1. The monoisotopic (exact) mass is 399 g/mol. The van der Waals surface area contributed by atoms with Gasteiger partial charge in [-0.25, -0.2) is 4.98 Å². The number of hydrogen-bond acceptors (Lipinski definition) is 4. The van der Waals surface area contributed by atoms with Crippen LogP contribution in [-0.4, -0.2) is 35.6 Å². The van der Waals surface area contributed by atoms with Crippen molar-refractivity contribution in [1.82, 2.24) is 9.88 Å². The maximum atomic E-state index is 12.3. The fraction of sp³-hybridized carbons (Fsp3) is 0.238. The number of pyridine rings is 1. The summed E-state index contributed by atoms with van der Waals surface area (Å²) in [6, 6.07) is 16.0. The highest BCUT2D eigenvalue weighted by atomic mass is 35.5. The number of nitrogens with one attached hydrogen (secondary N) is 1. The number of aromatic nitrogens is 1. The van der Waals surface area contributed by atoms with Gasteiger partial charge < -0.3 is 5.32 Å². The second-order valence-electron chi connectivity index (χ2n) is 6.58. The topological polar surface area (TPSA) is 45.2 Å². The molecule has 1 heterocycles. The van der Waals surface area contributed by atoms with Crippen LogP contribution in [0.1, 0.15) is 11.1 Å². The van der Waals surface area contributed by atoms with Crippen LogP contribution < -0.4 is 5.32 Å². The van der Waals surface area contributed by atoms with E-state index in [0.29, 0.717) is 11.7 Å². The molecule has 0 aliphatic heterocycles. The molecule has 0 aliphatic rings. The molecule has 0 aliphatic carbocycles. The molecule has 140 valence electrons. The average molecular weight is 400 g/mol. The number of anilines is 1. The van der Waals surface area contributed by atoms with Crippen molar-refractivity contribution in [3.05, 3.63) is 64.8 Å². The summed E-state index contributed by atoms with van der Waals surface area (Å²) in [5.41, 5.74) is 3.75. The van der Waals surface area contributed by atoms with Crippen LogP contribution in [0.15, 0.2) is 53.4 Å². The van der Waals surface area contributed by atoms with E-state index in [9.17, 15) is 4.79 Å². The van der Waals surface area contributed by atoms with Crippen LogP contribution in [-0.2, 0) is 11.3 Å². The van der Waals surface area contributed by atoms with Crippen LogP contribution in [0.3, 0.4) is 0 Å². The number of carbonyl (C=O) groups is 1. The van der Waals surface area contributed by atoms with Gasteiger partial charge in [-0.3, -0.25) is 9.69 Å². The number of likely N-dealkylation sites (N-methyl/N-ethyl adjacent to an activating group) is 1. The smallest absolute Gasteiger partial charge is 0.238 e. The number of thioether (sulfide) groups is 1. The van der Waals surface area contributed by atoms with E-state index in [2.05, 4.69) is 22.4 Å². The highest BCUT2D eigenvalue weighted by Gasteiger charge is 2.12. The van der Waals surface area contributed by atoms with Gasteiger partial charge in [0.05, 0.1) is 12.1 Å². The predicted octanol–water partition coefficient (Wildman–Crippen LogP) is 4.99. The van der Waals surface area contributed by atoms with Crippen LogP contribution in [0, 0.1) is 6.92 Å². The maximum Gasteiger partial charge on any atom is 0.238 e. The Morgan fingerprint density at radius 2 is 1.93 bits per heavy atom. The Balaban J connectivity index is 1.66. The third-order valence-electron chi connectivity index (χ3n) is 4.24. The summed E-state index contributed by atoms with van der Waals surface area (Å²) in [5.74, 6) is -0.0594. The third-order valence-corrected chi connectivity index (χ3v) is 5.29. The molecule has 0 atom stereocenters. The molecule has 1 amide bonds. The first kappa shape index (κ1) is 19.7. The van der Waals surface area contributed by atoms with E-state index in [0.717, 1.165) is 32.6 Å². The Bertz CT molecular complexity index is 960. The molecule has 0 saturated carbocycles. The fourth-order valence-electron chi connectivity index (χ4n) is 2.83. The molecule has 0 bridgehead atoms. The summed E-state index contributed by atoms with van der Waals surface area (Å²) in [6.07, 6.45) is 2.04. The first-order chi connectivity index (χ1) is 12.9. The van der Waals surface area contributed by atoms with Gasteiger partial charge in [0.2, 0.25) is 5.91 Å². The van der Waals surface area contributed by atoms with Gasteiger partial charge in [0.25, 0.3) is 0 Å². The summed E-state index contributed by atoms with van der Waals surface area (Å²) < 4.78 is 0. The van der Waals surface area contributed by atoms with E-state index in [1.165, 1.54) is 0 Å². The molecule has 0 unspecified atom stereocenters. The van der Waals surface area contributed by atoms with Crippen molar-refractivity contribution in [3.63, 3.8) is 0 Å². The fourth-order valence-corrected chi connectivity index (χ4v) is 3.47. The van der Waals surface area contributed by atoms with Crippen molar-refractivity contribution in [3.8, 4) is 0 Å². The Morgan fingerprint density at radius 1 is 1.19 bits per heavy atom. The van der Waals surface area contributed by atoms with Crippen molar-refractivity contribution in [2.24, 2.45) is 0 Å². The minimum absolute atomic E-state index is 0.0594. The zero-order valence-electron chi connectivity index (χ0n) is 15.6. The normalized spacial score (nSPS) is 11.1. The Hall–Kier alpha value is -2.08. The summed E-state index contributed by atoms with van der Waals surface area (Å²) in [4.78, 5) is 19.9. The van der Waals surface area contributed by atoms with Gasteiger partial charge in [0.1, 0.15) is 5.15 Å². The third kappa shape index (κ3) is 5.22. The second-order valence-corrected chi connectivity index (χ2v) is 7.82. The van der Waals surface area contributed by atoms with Crippen molar-refractivity contribution < 1.29 is 4.79 Å².